The Balaban J connectivity index is 0.000000390. The van der Waals surface area contributed by atoms with Gasteiger partial charge < -0.3 is 19.5 Å². The van der Waals surface area contributed by atoms with Crippen molar-refractivity contribution in [2.24, 2.45) is 0 Å². The highest BCUT2D eigenvalue weighted by atomic mass is 19.4. The molecule has 7 nitrogen and oxygen atoms in total. The summed E-state index contributed by atoms with van der Waals surface area (Å²) in [6.45, 7) is 0.442. The van der Waals surface area contributed by atoms with E-state index in [0.717, 1.165) is 47.4 Å². The van der Waals surface area contributed by atoms with E-state index in [1.54, 1.807) is 13.3 Å². The topological polar surface area (TPSA) is 64.7 Å². The number of halogens is 3. The summed E-state index contributed by atoms with van der Waals surface area (Å²) < 4.78 is 39.1. The van der Waals surface area contributed by atoms with Crippen LogP contribution in [0.4, 0.5) is 18.9 Å². The number of nitrogens with one attached hydrogen (secondary N) is 1. The quantitative estimate of drug-likeness (QED) is 0.475. The van der Waals surface area contributed by atoms with Crippen LogP contribution in [-0.4, -0.2) is 86.5 Å². The van der Waals surface area contributed by atoms with Crippen LogP contribution in [0.5, 0.6) is 0 Å². The number of hydrogen-bond donors (Lipinski definition) is 1. The van der Waals surface area contributed by atoms with Gasteiger partial charge in [-0.2, -0.15) is 13.2 Å². The van der Waals surface area contributed by atoms with Gasteiger partial charge in [-0.05, 0) is 40.1 Å². The Morgan fingerprint density at radius 2 is 1.91 bits per heavy atom. The molecule has 10 heteroatoms. The number of aldehydes is 1. The first-order valence-electron chi connectivity index (χ1n) is 10.7. The summed E-state index contributed by atoms with van der Waals surface area (Å²) in [5.74, 6) is 0. The molecule has 2 aromatic heterocycles. The van der Waals surface area contributed by atoms with Gasteiger partial charge in [-0.15, -0.1) is 0 Å². The highest BCUT2D eigenvalue weighted by Crippen LogP contribution is 2.34. The lowest BCUT2D eigenvalue weighted by Gasteiger charge is -2.39. The van der Waals surface area contributed by atoms with Crippen LogP contribution in [0.3, 0.4) is 0 Å². The Labute approximate surface area is 187 Å². The van der Waals surface area contributed by atoms with Gasteiger partial charge in [-0.3, -0.25) is 9.69 Å². The van der Waals surface area contributed by atoms with E-state index < -0.39 is 12.7 Å². The maximum absolute atomic E-state index is 11.7. The molecular weight excluding hydrogens is 423 g/mol. The molecule has 0 spiro atoms. The first-order chi connectivity index (χ1) is 15.2. The molecule has 1 saturated carbocycles. The Kier molecular flexibility index (Phi) is 9.92. The van der Waals surface area contributed by atoms with Gasteiger partial charge in [-0.25, -0.2) is 4.98 Å². The van der Waals surface area contributed by atoms with Crippen LogP contribution >= 0.6 is 0 Å². The number of aromatic amines is 1. The van der Waals surface area contributed by atoms with E-state index in [9.17, 15) is 18.0 Å². The predicted molar refractivity (Wildman–Crippen MR) is 120 cm³/mol. The number of H-pyrrole nitrogens is 1. The smallest absolute Gasteiger partial charge is 0.369 e. The van der Waals surface area contributed by atoms with E-state index in [4.69, 9.17) is 4.74 Å². The molecule has 0 bridgehead atoms. The minimum atomic E-state index is -4.05. The molecule has 2 heterocycles. The third-order valence-electron chi connectivity index (χ3n) is 5.25. The van der Waals surface area contributed by atoms with Crippen molar-refractivity contribution in [1.29, 1.82) is 0 Å². The number of hydrogen-bond acceptors (Lipinski definition) is 6. The maximum Gasteiger partial charge on any atom is 0.401 e. The van der Waals surface area contributed by atoms with Crippen LogP contribution in [-0.2, 0) is 4.74 Å². The third kappa shape index (κ3) is 7.75. The summed E-state index contributed by atoms with van der Waals surface area (Å²) in [7, 11) is 6.51. The molecule has 180 valence electrons. The highest BCUT2D eigenvalue weighted by molar-refractivity contribution is 5.99. The summed E-state index contributed by atoms with van der Waals surface area (Å²) >= 11 is 0. The van der Waals surface area contributed by atoms with Gasteiger partial charge in [0.1, 0.15) is 5.65 Å². The van der Waals surface area contributed by atoms with Crippen LogP contribution in [0.1, 0.15) is 42.5 Å². The molecular formula is C22H34F3N5O2. The predicted octanol–water partition coefficient (Wildman–Crippen LogP) is 4.12. The number of nitrogens with zero attached hydrogens (tertiary/aromatic N) is 4. The third-order valence-corrected chi connectivity index (χ3v) is 5.25. The zero-order valence-electron chi connectivity index (χ0n) is 19.3. The standard InChI is InChI=1S/C18H26N4O2.C4H8F3N/c1-21(13-24-2)12-22(15-6-4-3-5-7-15)17-14(11-23)10-20-18-16(17)8-9-19-18;1-8(2)3-4(5,6)7/h8-11,15H,3-7,12-13H2,1-2H3,(H,19,20);3H2,1-2H3. The second-order valence-electron chi connectivity index (χ2n) is 8.45. The number of methoxy groups -OCH3 is 1. The first-order valence-corrected chi connectivity index (χ1v) is 10.7. The Bertz CT molecular complexity index is 835. The molecule has 32 heavy (non-hydrogen) atoms. The van der Waals surface area contributed by atoms with Crippen LogP contribution in [0.15, 0.2) is 18.5 Å². The van der Waals surface area contributed by atoms with Crippen molar-refractivity contribution < 1.29 is 22.7 Å². The molecule has 0 aromatic carbocycles. The molecule has 1 N–H and O–H groups in total. The molecule has 2 aromatic rings. The SMILES string of the molecule is CN(C)CC(F)(F)F.COCN(C)CN(c1c(C=O)cnc2[nH]ccc12)C1CCCCC1. The fourth-order valence-corrected chi connectivity index (χ4v) is 4.06. The minimum Gasteiger partial charge on any atom is -0.369 e. The van der Waals surface area contributed by atoms with Crippen molar-refractivity contribution in [3.63, 3.8) is 0 Å². The van der Waals surface area contributed by atoms with Gasteiger partial charge in [0.2, 0.25) is 0 Å². The van der Waals surface area contributed by atoms with Gasteiger partial charge in [0.05, 0.1) is 31.2 Å². The van der Waals surface area contributed by atoms with Crippen molar-refractivity contribution in [2.45, 2.75) is 44.3 Å². The van der Waals surface area contributed by atoms with Crippen LogP contribution in [0.2, 0.25) is 0 Å². The second kappa shape index (κ2) is 12.2. The molecule has 0 atom stereocenters. The van der Waals surface area contributed by atoms with Gasteiger partial charge in [0.25, 0.3) is 0 Å². The van der Waals surface area contributed by atoms with E-state index >= 15 is 0 Å². The monoisotopic (exact) mass is 457 g/mol. The Morgan fingerprint density at radius 3 is 2.44 bits per heavy atom. The molecule has 1 aliphatic rings. The zero-order chi connectivity index (χ0) is 23.7. The molecule has 3 rings (SSSR count). The van der Waals surface area contributed by atoms with Crippen LogP contribution < -0.4 is 4.90 Å². The number of fused-ring (bicyclic) bond motifs is 1. The average molecular weight is 458 g/mol. The number of rotatable bonds is 8. The number of aromatic nitrogens is 2. The summed E-state index contributed by atoms with van der Waals surface area (Å²) in [5.41, 5.74) is 2.47. The summed E-state index contributed by atoms with van der Waals surface area (Å²) in [6.07, 6.45) is 6.53. The molecule has 0 radical (unpaired) electrons. The number of pyridine rings is 1. The summed E-state index contributed by atoms with van der Waals surface area (Å²) in [6, 6.07) is 2.45. The van der Waals surface area contributed by atoms with Crippen LogP contribution in [0, 0.1) is 0 Å². The fourth-order valence-electron chi connectivity index (χ4n) is 4.06. The maximum atomic E-state index is 11.7. The Hall–Kier alpha value is -2.17. The van der Waals surface area contributed by atoms with Crippen molar-refractivity contribution >= 4 is 23.0 Å². The van der Waals surface area contributed by atoms with E-state index in [1.807, 2.05) is 19.3 Å². The lowest BCUT2D eigenvalue weighted by Crippen LogP contribution is -2.44. The van der Waals surface area contributed by atoms with Gasteiger partial charge in [-0.1, -0.05) is 19.3 Å². The molecule has 0 amide bonds. The van der Waals surface area contributed by atoms with Crippen molar-refractivity contribution in [2.75, 3.05) is 53.1 Å². The van der Waals surface area contributed by atoms with Crippen molar-refractivity contribution in [3.8, 4) is 0 Å². The van der Waals surface area contributed by atoms with Crippen molar-refractivity contribution in [1.82, 2.24) is 19.8 Å². The van der Waals surface area contributed by atoms with Gasteiger partial charge >= 0.3 is 6.18 Å². The van der Waals surface area contributed by atoms with Crippen LogP contribution in [0.25, 0.3) is 11.0 Å². The highest BCUT2D eigenvalue weighted by Gasteiger charge is 2.28. The normalized spacial score (nSPS) is 15.2. The van der Waals surface area contributed by atoms with E-state index in [1.165, 1.54) is 33.4 Å². The lowest BCUT2D eigenvalue weighted by atomic mass is 9.93. The average Bonchev–Trinajstić information content (AvgIpc) is 3.20. The second-order valence-corrected chi connectivity index (χ2v) is 8.45. The summed E-state index contributed by atoms with van der Waals surface area (Å²) in [4.78, 5) is 24.8. The number of carbonyl (C=O) groups is 1. The largest absolute Gasteiger partial charge is 0.401 e. The van der Waals surface area contributed by atoms with E-state index in [0.29, 0.717) is 18.3 Å². The number of ether oxygens (including phenoxy) is 1. The van der Waals surface area contributed by atoms with Gasteiger partial charge in [0.15, 0.2) is 6.29 Å². The molecule has 1 aliphatic carbocycles. The minimum absolute atomic E-state index is 0.442. The number of alkyl halides is 3. The number of anilines is 1. The first kappa shape index (κ1) is 26.1. The van der Waals surface area contributed by atoms with E-state index in [-0.39, 0.29) is 0 Å². The molecule has 0 saturated heterocycles. The Morgan fingerprint density at radius 1 is 1.22 bits per heavy atom. The van der Waals surface area contributed by atoms with Crippen molar-refractivity contribution in [3.05, 3.63) is 24.0 Å². The van der Waals surface area contributed by atoms with E-state index in [2.05, 4.69) is 19.8 Å². The van der Waals surface area contributed by atoms with Gasteiger partial charge in [0, 0.05) is 30.9 Å². The molecule has 1 fully saturated rings. The number of carbonyl (C=O) groups excluding carboxylic acids is 1. The molecule has 0 aliphatic heterocycles. The zero-order valence-corrected chi connectivity index (χ0v) is 19.3. The molecule has 0 unspecified atom stereocenters. The summed E-state index contributed by atoms with van der Waals surface area (Å²) in [5, 5.41) is 1.01. The lowest BCUT2D eigenvalue weighted by molar-refractivity contribution is -0.140. The fraction of sp³-hybridized carbons (Fsp3) is 0.636.